The van der Waals surface area contributed by atoms with Crippen LogP contribution in [0.4, 0.5) is 0 Å². The predicted octanol–water partition coefficient (Wildman–Crippen LogP) is 2.25. The van der Waals surface area contributed by atoms with E-state index < -0.39 is 0 Å². The Kier molecular flexibility index (Phi) is 4.21. The van der Waals surface area contributed by atoms with Gasteiger partial charge in [0.15, 0.2) is 5.78 Å². The van der Waals surface area contributed by atoms with Crippen LogP contribution < -0.4 is 0 Å². The number of Topliss-reactive ketones (excluding diaryl/α,β-unsaturated/α-hetero) is 1. The molecule has 3 heteroatoms. The van der Waals surface area contributed by atoms with Crippen molar-refractivity contribution < 1.29 is 9.53 Å². The molecule has 0 radical (unpaired) electrons. The summed E-state index contributed by atoms with van der Waals surface area (Å²) in [6, 6.07) is 0. The quantitative estimate of drug-likeness (QED) is 0.756. The first-order valence-corrected chi connectivity index (χ1v) is 6.99. The van der Waals surface area contributed by atoms with Crippen LogP contribution in [0.25, 0.3) is 0 Å². The number of piperidine rings is 1. The van der Waals surface area contributed by atoms with Crippen LogP contribution in [0.1, 0.15) is 46.0 Å². The highest BCUT2D eigenvalue weighted by molar-refractivity contribution is 5.89. The minimum Gasteiger partial charge on any atom is -0.381 e. The van der Waals surface area contributed by atoms with Crippen molar-refractivity contribution in [1.82, 2.24) is 4.90 Å². The lowest BCUT2D eigenvalue weighted by molar-refractivity contribution is -0.137. The SMILES string of the molecule is CC(C)(C(=O)C1CCOCC1)N1CCCCC1. The maximum atomic E-state index is 12.6. The molecule has 2 fully saturated rings. The number of carbonyl (C=O) groups excluding carboxylic acids is 1. The molecule has 0 saturated carbocycles. The van der Waals surface area contributed by atoms with E-state index in [1.54, 1.807) is 0 Å². The van der Waals surface area contributed by atoms with Crippen LogP contribution in [0.15, 0.2) is 0 Å². The summed E-state index contributed by atoms with van der Waals surface area (Å²) in [6.45, 7) is 7.90. The molecule has 0 aromatic carbocycles. The minimum absolute atomic E-state index is 0.223. The predicted molar refractivity (Wildman–Crippen MR) is 68.1 cm³/mol. The molecule has 0 atom stereocenters. The van der Waals surface area contributed by atoms with E-state index in [-0.39, 0.29) is 11.5 Å². The standard InChI is InChI=1S/C14H25NO2/c1-14(2,15-8-4-3-5-9-15)13(16)12-6-10-17-11-7-12/h12H,3-11H2,1-2H3. The second-order valence-corrected chi connectivity index (χ2v) is 5.86. The van der Waals surface area contributed by atoms with E-state index in [1.165, 1.54) is 19.3 Å². The molecule has 0 unspecified atom stereocenters. The molecule has 98 valence electrons. The van der Waals surface area contributed by atoms with Crippen molar-refractivity contribution in [3.05, 3.63) is 0 Å². The molecule has 2 aliphatic heterocycles. The highest BCUT2D eigenvalue weighted by atomic mass is 16.5. The molecule has 0 aliphatic carbocycles. The Labute approximate surface area is 105 Å². The fourth-order valence-corrected chi connectivity index (χ4v) is 3.07. The molecule has 0 amide bonds. The Balaban J connectivity index is 1.99. The maximum absolute atomic E-state index is 12.6. The molecule has 0 aromatic heterocycles. The Morgan fingerprint density at radius 3 is 2.29 bits per heavy atom. The average Bonchev–Trinajstić information content (AvgIpc) is 2.40. The highest BCUT2D eigenvalue weighted by Gasteiger charge is 2.39. The van der Waals surface area contributed by atoms with Crippen molar-refractivity contribution in [3.8, 4) is 0 Å². The van der Waals surface area contributed by atoms with Gasteiger partial charge in [-0.15, -0.1) is 0 Å². The van der Waals surface area contributed by atoms with Gasteiger partial charge in [0.1, 0.15) is 0 Å². The maximum Gasteiger partial charge on any atom is 0.155 e. The Hall–Kier alpha value is -0.410. The summed E-state index contributed by atoms with van der Waals surface area (Å²) in [5.74, 6) is 0.656. The first-order valence-electron chi connectivity index (χ1n) is 6.99. The molecule has 0 aromatic rings. The van der Waals surface area contributed by atoms with Crippen LogP contribution in [0, 0.1) is 5.92 Å². The molecule has 0 spiro atoms. The number of ether oxygens (including phenoxy) is 1. The van der Waals surface area contributed by atoms with Gasteiger partial charge in [-0.25, -0.2) is 0 Å². The van der Waals surface area contributed by atoms with Gasteiger partial charge in [-0.05, 0) is 52.6 Å². The van der Waals surface area contributed by atoms with Crippen LogP contribution in [-0.4, -0.2) is 42.5 Å². The van der Waals surface area contributed by atoms with E-state index in [2.05, 4.69) is 18.7 Å². The molecule has 2 heterocycles. The molecule has 0 N–H and O–H groups in total. The summed E-state index contributed by atoms with van der Waals surface area (Å²) in [5, 5.41) is 0. The summed E-state index contributed by atoms with van der Waals surface area (Å²) in [6.07, 6.45) is 5.62. The zero-order valence-electron chi connectivity index (χ0n) is 11.2. The first kappa shape index (κ1) is 13.0. The highest BCUT2D eigenvalue weighted by Crippen LogP contribution is 2.28. The van der Waals surface area contributed by atoms with Gasteiger partial charge < -0.3 is 4.74 Å². The zero-order chi connectivity index (χ0) is 12.3. The summed E-state index contributed by atoms with van der Waals surface area (Å²) >= 11 is 0. The summed E-state index contributed by atoms with van der Waals surface area (Å²) in [4.78, 5) is 15.0. The third-order valence-corrected chi connectivity index (χ3v) is 4.34. The van der Waals surface area contributed by atoms with Gasteiger partial charge in [0.2, 0.25) is 0 Å². The van der Waals surface area contributed by atoms with E-state index in [0.29, 0.717) is 5.78 Å². The van der Waals surface area contributed by atoms with E-state index in [4.69, 9.17) is 4.74 Å². The number of likely N-dealkylation sites (tertiary alicyclic amines) is 1. The normalized spacial score (nSPS) is 24.8. The van der Waals surface area contributed by atoms with E-state index >= 15 is 0 Å². The third kappa shape index (κ3) is 2.89. The van der Waals surface area contributed by atoms with Crippen molar-refractivity contribution in [2.75, 3.05) is 26.3 Å². The molecule has 2 aliphatic rings. The second-order valence-electron chi connectivity index (χ2n) is 5.86. The number of hydrogen-bond donors (Lipinski definition) is 0. The van der Waals surface area contributed by atoms with Crippen molar-refractivity contribution in [3.63, 3.8) is 0 Å². The average molecular weight is 239 g/mol. The number of nitrogens with zero attached hydrogens (tertiary/aromatic N) is 1. The monoisotopic (exact) mass is 239 g/mol. The Bertz CT molecular complexity index is 263. The first-order chi connectivity index (χ1) is 8.12. The summed E-state index contributed by atoms with van der Waals surface area (Å²) in [7, 11) is 0. The lowest BCUT2D eigenvalue weighted by atomic mass is 9.82. The van der Waals surface area contributed by atoms with Crippen molar-refractivity contribution in [2.24, 2.45) is 5.92 Å². The number of carbonyl (C=O) groups is 1. The zero-order valence-corrected chi connectivity index (χ0v) is 11.2. The van der Waals surface area contributed by atoms with Gasteiger partial charge in [-0.1, -0.05) is 6.42 Å². The lowest BCUT2D eigenvalue weighted by Gasteiger charge is -2.42. The number of rotatable bonds is 3. The molecule has 3 nitrogen and oxygen atoms in total. The molecule has 2 saturated heterocycles. The van der Waals surface area contributed by atoms with E-state index in [9.17, 15) is 4.79 Å². The number of ketones is 1. The molecule has 17 heavy (non-hydrogen) atoms. The topological polar surface area (TPSA) is 29.5 Å². The van der Waals surface area contributed by atoms with Crippen molar-refractivity contribution in [2.45, 2.75) is 51.5 Å². The van der Waals surface area contributed by atoms with Crippen LogP contribution in [0.5, 0.6) is 0 Å². The Morgan fingerprint density at radius 1 is 1.12 bits per heavy atom. The van der Waals surface area contributed by atoms with E-state index in [0.717, 1.165) is 39.1 Å². The van der Waals surface area contributed by atoms with Gasteiger partial charge in [-0.2, -0.15) is 0 Å². The van der Waals surface area contributed by atoms with Crippen LogP contribution in [0.2, 0.25) is 0 Å². The second kappa shape index (κ2) is 5.49. The smallest absolute Gasteiger partial charge is 0.155 e. The third-order valence-electron chi connectivity index (χ3n) is 4.34. The molecular formula is C14H25NO2. The molecule has 2 rings (SSSR count). The van der Waals surface area contributed by atoms with Gasteiger partial charge in [-0.3, -0.25) is 9.69 Å². The van der Waals surface area contributed by atoms with Gasteiger partial charge in [0, 0.05) is 19.1 Å². The van der Waals surface area contributed by atoms with Gasteiger partial charge in [0.05, 0.1) is 5.54 Å². The summed E-state index contributed by atoms with van der Waals surface area (Å²) in [5.41, 5.74) is -0.275. The van der Waals surface area contributed by atoms with Crippen LogP contribution in [-0.2, 0) is 9.53 Å². The number of hydrogen-bond acceptors (Lipinski definition) is 3. The lowest BCUT2D eigenvalue weighted by Crippen LogP contribution is -2.54. The van der Waals surface area contributed by atoms with Crippen molar-refractivity contribution >= 4 is 5.78 Å². The van der Waals surface area contributed by atoms with Gasteiger partial charge in [0.25, 0.3) is 0 Å². The van der Waals surface area contributed by atoms with E-state index in [1.807, 2.05) is 0 Å². The molecule has 0 bridgehead atoms. The fraction of sp³-hybridized carbons (Fsp3) is 0.929. The Morgan fingerprint density at radius 2 is 1.71 bits per heavy atom. The molecular weight excluding hydrogens is 214 g/mol. The largest absolute Gasteiger partial charge is 0.381 e. The van der Waals surface area contributed by atoms with Crippen molar-refractivity contribution in [1.29, 1.82) is 0 Å². The van der Waals surface area contributed by atoms with Crippen LogP contribution in [0.3, 0.4) is 0 Å². The summed E-state index contributed by atoms with van der Waals surface area (Å²) < 4.78 is 5.34. The van der Waals surface area contributed by atoms with Crippen LogP contribution >= 0.6 is 0 Å². The fourth-order valence-electron chi connectivity index (χ4n) is 3.07. The van der Waals surface area contributed by atoms with Gasteiger partial charge >= 0.3 is 0 Å². The minimum atomic E-state index is -0.275.